The summed E-state index contributed by atoms with van der Waals surface area (Å²) in [7, 11) is 0. The van der Waals surface area contributed by atoms with Crippen LogP contribution in [0.4, 0.5) is 5.69 Å². The van der Waals surface area contributed by atoms with E-state index in [4.69, 9.17) is 4.74 Å². The fourth-order valence-electron chi connectivity index (χ4n) is 1.90. The van der Waals surface area contributed by atoms with Crippen LogP contribution in [0.1, 0.15) is 11.1 Å². The molecule has 4 nitrogen and oxygen atoms in total. The van der Waals surface area contributed by atoms with Gasteiger partial charge in [0.05, 0.1) is 18.5 Å². The second-order valence-corrected chi connectivity index (χ2v) is 3.88. The summed E-state index contributed by atoms with van der Waals surface area (Å²) >= 11 is 0. The van der Waals surface area contributed by atoms with E-state index in [0.717, 1.165) is 31.0 Å². The molecule has 1 aromatic carbocycles. The van der Waals surface area contributed by atoms with Crippen molar-refractivity contribution >= 4 is 5.69 Å². The summed E-state index contributed by atoms with van der Waals surface area (Å²) in [6, 6.07) is 6.35. The van der Waals surface area contributed by atoms with Gasteiger partial charge in [0.25, 0.3) is 0 Å². The van der Waals surface area contributed by atoms with Crippen molar-refractivity contribution in [2.75, 3.05) is 11.9 Å². The zero-order chi connectivity index (χ0) is 10.8. The zero-order valence-corrected chi connectivity index (χ0v) is 8.86. The number of fused-ring (bicyclic) bond motifs is 1. The van der Waals surface area contributed by atoms with Crippen molar-refractivity contribution in [3.05, 3.63) is 41.7 Å². The van der Waals surface area contributed by atoms with Crippen molar-refractivity contribution in [1.29, 1.82) is 0 Å². The zero-order valence-electron chi connectivity index (χ0n) is 8.86. The fourth-order valence-corrected chi connectivity index (χ4v) is 1.90. The molecule has 16 heavy (non-hydrogen) atoms. The first kappa shape index (κ1) is 9.27. The molecule has 0 bridgehead atoms. The van der Waals surface area contributed by atoms with Gasteiger partial charge in [-0.1, -0.05) is 12.1 Å². The lowest BCUT2D eigenvalue weighted by Gasteiger charge is -2.05. The molecule has 0 radical (unpaired) electrons. The lowest BCUT2D eigenvalue weighted by Crippen LogP contribution is -1.98. The lowest BCUT2D eigenvalue weighted by atomic mass is 10.1. The number of aromatic nitrogens is 2. The van der Waals surface area contributed by atoms with Crippen molar-refractivity contribution in [1.82, 2.24) is 10.2 Å². The molecule has 0 amide bonds. The van der Waals surface area contributed by atoms with Gasteiger partial charge in [-0.25, -0.2) is 0 Å². The number of aromatic amines is 1. The van der Waals surface area contributed by atoms with Gasteiger partial charge in [-0.2, -0.15) is 5.10 Å². The molecule has 1 aliphatic rings. The molecule has 0 aliphatic carbocycles. The number of hydrogen-bond acceptors (Lipinski definition) is 3. The van der Waals surface area contributed by atoms with Gasteiger partial charge in [-0.05, 0) is 17.2 Å². The molecular weight excluding hydrogens is 202 g/mol. The van der Waals surface area contributed by atoms with E-state index in [1.807, 2.05) is 6.20 Å². The molecule has 1 aliphatic heterocycles. The van der Waals surface area contributed by atoms with Crippen molar-refractivity contribution in [2.45, 2.75) is 13.0 Å². The molecular formula is C12H13N3O. The summed E-state index contributed by atoms with van der Waals surface area (Å²) in [5.74, 6) is 1.03. The van der Waals surface area contributed by atoms with Crippen LogP contribution in [-0.4, -0.2) is 16.8 Å². The molecule has 82 valence electrons. The van der Waals surface area contributed by atoms with E-state index in [9.17, 15) is 0 Å². The van der Waals surface area contributed by atoms with Crippen molar-refractivity contribution in [3.8, 4) is 5.75 Å². The first-order valence-electron chi connectivity index (χ1n) is 5.39. The highest BCUT2D eigenvalue weighted by molar-refractivity contribution is 5.43. The predicted octanol–water partition coefficient (Wildman–Crippen LogP) is 1.96. The van der Waals surface area contributed by atoms with Crippen molar-refractivity contribution < 1.29 is 4.74 Å². The van der Waals surface area contributed by atoms with E-state index in [-0.39, 0.29) is 0 Å². The van der Waals surface area contributed by atoms with E-state index in [1.165, 1.54) is 11.1 Å². The summed E-state index contributed by atoms with van der Waals surface area (Å²) in [5, 5.41) is 9.96. The maximum atomic E-state index is 5.47. The maximum absolute atomic E-state index is 5.47. The summed E-state index contributed by atoms with van der Waals surface area (Å²) in [6.45, 7) is 1.63. The van der Waals surface area contributed by atoms with Gasteiger partial charge in [-0.15, -0.1) is 0 Å². The van der Waals surface area contributed by atoms with Crippen LogP contribution in [0.5, 0.6) is 5.75 Å². The molecule has 0 unspecified atom stereocenters. The lowest BCUT2D eigenvalue weighted by molar-refractivity contribution is 0.357. The van der Waals surface area contributed by atoms with Gasteiger partial charge < -0.3 is 10.1 Å². The maximum Gasteiger partial charge on any atom is 0.122 e. The highest BCUT2D eigenvalue weighted by Crippen LogP contribution is 2.26. The Balaban J connectivity index is 1.71. The highest BCUT2D eigenvalue weighted by atomic mass is 16.5. The number of benzene rings is 1. The van der Waals surface area contributed by atoms with Crippen LogP contribution >= 0.6 is 0 Å². The molecule has 0 saturated heterocycles. The Morgan fingerprint density at radius 3 is 3.31 bits per heavy atom. The molecule has 2 N–H and O–H groups in total. The predicted molar refractivity (Wildman–Crippen MR) is 61.6 cm³/mol. The van der Waals surface area contributed by atoms with E-state index >= 15 is 0 Å². The standard InChI is InChI=1S/C12H13N3O/c1-2-12-10(3-4-16-12)5-9(1)6-13-11-7-14-15-8-11/h1-2,5,7-8,13H,3-4,6H2,(H,14,15). The monoisotopic (exact) mass is 215 g/mol. The molecule has 0 fully saturated rings. The molecule has 1 aromatic heterocycles. The molecule has 0 spiro atoms. The number of ether oxygens (including phenoxy) is 1. The molecule has 4 heteroatoms. The fraction of sp³-hybridized carbons (Fsp3) is 0.250. The Morgan fingerprint density at radius 1 is 1.44 bits per heavy atom. The summed E-state index contributed by atoms with van der Waals surface area (Å²) < 4.78 is 5.47. The van der Waals surface area contributed by atoms with E-state index in [2.05, 4.69) is 33.7 Å². The minimum absolute atomic E-state index is 0.812. The van der Waals surface area contributed by atoms with E-state index in [1.54, 1.807) is 6.20 Å². The Labute approximate surface area is 93.6 Å². The van der Waals surface area contributed by atoms with Crippen LogP contribution in [0.15, 0.2) is 30.6 Å². The Morgan fingerprint density at radius 2 is 2.44 bits per heavy atom. The second-order valence-electron chi connectivity index (χ2n) is 3.88. The Kier molecular flexibility index (Phi) is 2.25. The molecule has 2 heterocycles. The number of nitrogens with zero attached hydrogens (tertiary/aromatic N) is 1. The number of nitrogens with one attached hydrogen (secondary N) is 2. The van der Waals surface area contributed by atoms with Crippen LogP contribution < -0.4 is 10.1 Å². The second kappa shape index (κ2) is 3.89. The molecule has 3 rings (SSSR count). The average molecular weight is 215 g/mol. The number of anilines is 1. The third-order valence-electron chi connectivity index (χ3n) is 2.75. The summed E-state index contributed by atoms with van der Waals surface area (Å²) in [6.07, 6.45) is 4.64. The first-order valence-corrected chi connectivity index (χ1v) is 5.39. The quantitative estimate of drug-likeness (QED) is 0.822. The number of rotatable bonds is 3. The van der Waals surface area contributed by atoms with Gasteiger partial charge in [0.2, 0.25) is 0 Å². The highest BCUT2D eigenvalue weighted by Gasteiger charge is 2.11. The van der Waals surface area contributed by atoms with Crippen molar-refractivity contribution in [2.24, 2.45) is 0 Å². The Bertz CT molecular complexity index is 479. The van der Waals surface area contributed by atoms with Gasteiger partial charge in [-0.3, -0.25) is 5.10 Å². The molecule has 0 saturated carbocycles. The van der Waals surface area contributed by atoms with E-state index < -0.39 is 0 Å². The topological polar surface area (TPSA) is 49.9 Å². The minimum Gasteiger partial charge on any atom is -0.493 e. The SMILES string of the molecule is c1cc2c(cc1CNc1cn[nH]c1)CCO2. The normalized spacial score (nSPS) is 13.2. The molecule has 0 atom stereocenters. The van der Waals surface area contributed by atoms with E-state index in [0.29, 0.717) is 0 Å². The largest absolute Gasteiger partial charge is 0.493 e. The first-order chi connectivity index (χ1) is 7.92. The third-order valence-corrected chi connectivity index (χ3v) is 2.75. The number of hydrogen-bond donors (Lipinski definition) is 2. The van der Waals surface area contributed by atoms with Gasteiger partial charge >= 0.3 is 0 Å². The third kappa shape index (κ3) is 1.74. The van der Waals surface area contributed by atoms with Crippen molar-refractivity contribution in [3.63, 3.8) is 0 Å². The van der Waals surface area contributed by atoms with Gasteiger partial charge in [0.1, 0.15) is 5.75 Å². The minimum atomic E-state index is 0.812. The smallest absolute Gasteiger partial charge is 0.122 e. The van der Waals surface area contributed by atoms with Crippen LogP contribution in [0.25, 0.3) is 0 Å². The van der Waals surface area contributed by atoms with Gasteiger partial charge in [0, 0.05) is 19.2 Å². The summed E-state index contributed by atoms with van der Waals surface area (Å²) in [4.78, 5) is 0. The summed E-state index contributed by atoms with van der Waals surface area (Å²) in [5.41, 5.74) is 3.59. The van der Waals surface area contributed by atoms with Crippen LogP contribution in [0, 0.1) is 0 Å². The van der Waals surface area contributed by atoms with Gasteiger partial charge in [0.15, 0.2) is 0 Å². The van der Waals surface area contributed by atoms with Crippen LogP contribution in [0.2, 0.25) is 0 Å². The average Bonchev–Trinajstić information content (AvgIpc) is 2.97. The Hall–Kier alpha value is -1.97. The van der Waals surface area contributed by atoms with Crippen LogP contribution in [0.3, 0.4) is 0 Å². The van der Waals surface area contributed by atoms with Crippen LogP contribution in [-0.2, 0) is 13.0 Å². The number of H-pyrrole nitrogens is 1. The molecule has 2 aromatic rings.